The van der Waals surface area contributed by atoms with Gasteiger partial charge in [0.05, 0.1) is 32.4 Å². The lowest BCUT2D eigenvalue weighted by Gasteiger charge is -2.26. The molecular weight excluding hydrogens is 354 g/mol. The van der Waals surface area contributed by atoms with Crippen LogP contribution >= 0.6 is 12.2 Å². The van der Waals surface area contributed by atoms with E-state index in [4.69, 9.17) is 16.6 Å². The van der Waals surface area contributed by atoms with Gasteiger partial charge in [0, 0.05) is 18.7 Å². The Kier molecular flexibility index (Phi) is 7.72. The van der Waals surface area contributed by atoms with Crippen molar-refractivity contribution in [1.29, 1.82) is 0 Å². The van der Waals surface area contributed by atoms with Crippen LogP contribution in [-0.4, -0.2) is 36.2 Å². The molecule has 0 atom stereocenters. The molecule has 0 aliphatic carbocycles. The third-order valence-electron chi connectivity index (χ3n) is 5.37. The van der Waals surface area contributed by atoms with E-state index in [2.05, 4.69) is 29.3 Å². The summed E-state index contributed by atoms with van der Waals surface area (Å²) in [7, 11) is 0. The van der Waals surface area contributed by atoms with Crippen LogP contribution in [0.2, 0.25) is 0 Å². The molecular formula is C22H32N3OS+. The van der Waals surface area contributed by atoms with Crippen LogP contribution in [0.5, 0.6) is 0 Å². The maximum atomic E-state index is 5.75. The van der Waals surface area contributed by atoms with E-state index in [0.717, 1.165) is 29.5 Å². The second-order valence-corrected chi connectivity index (χ2v) is 7.90. The van der Waals surface area contributed by atoms with Crippen molar-refractivity contribution in [3.8, 4) is 0 Å². The Balaban J connectivity index is 1.58. The largest absolute Gasteiger partial charge is 0.467 e. The molecule has 0 saturated carbocycles. The van der Waals surface area contributed by atoms with E-state index in [9.17, 15) is 0 Å². The van der Waals surface area contributed by atoms with Crippen molar-refractivity contribution in [3.05, 3.63) is 54.0 Å². The van der Waals surface area contributed by atoms with Gasteiger partial charge >= 0.3 is 0 Å². The fourth-order valence-electron chi connectivity index (χ4n) is 3.75. The first kappa shape index (κ1) is 19.9. The minimum Gasteiger partial charge on any atom is -0.467 e. The summed E-state index contributed by atoms with van der Waals surface area (Å²) in [5.41, 5.74) is 2.27. The molecule has 1 aromatic carbocycles. The number of thiocarbonyl (C=S) groups is 1. The van der Waals surface area contributed by atoms with Gasteiger partial charge in [0.25, 0.3) is 0 Å². The molecule has 0 radical (unpaired) electrons. The molecule has 3 rings (SSSR count). The second-order valence-electron chi connectivity index (χ2n) is 7.51. The van der Waals surface area contributed by atoms with Crippen LogP contribution in [0.4, 0.5) is 5.69 Å². The lowest BCUT2D eigenvalue weighted by Crippen LogP contribution is -3.11. The van der Waals surface area contributed by atoms with E-state index in [1.165, 1.54) is 50.9 Å². The van der Waals surface area contributed by atoms with E-state index in [0.29, 0.717) is 6.54 Å². The number of likely N-dealkylation sites (tertiary alicyclic amines) is 1. The third kappa shape index (κ3) is 6.36. The number of aryl methyl sites for hydroxylation is 1. The average molecular weight is 387 g/mol. The maximum Gasteiger partial charge on any atom is 0.173 e. The van der Waals surface area contributed by atoms with E-state index < -0.39 is 0 Å². The van der Waals surface area contributed by atoms with E-state index in [-0.39, 0.29) is 0 Å². The van der Waals surface area contributed by atoms with Crippen molar-refractivity contribution in [2.75, 3.05) is 31.5 Å². The smallest absolute Gasteiger partial charge is 0.173 e. The molecule has 1 saturated heterocycles. The molecule has 0 bridgehead atoms. The van der Waals surface area contributed by atoms with Gasteiger partial charge in [-0.15, -0.1) is 0 Å². The highest BCUT2D eigenvalue weighted by molar-refractivity contribution is 7.80. The summed E-state index contributed by atoms with van der Waals surface area (Å²) in [4.78, 5) is 3.99. The van der Waals surface area contributed by atoms with Crippen molar-refractivity contribution < 1.29 is 9.32 Å². The first-order chi connectivity index (χ1) is 13.2. The van der Waals surface area contributed by atoms with E-state index in [1.807, 2.05) is 24.3 Å². The standard InChI is InChI=1S/C22H31N3OS/c1-19-10-4-5-12-21(19)23-22(27)25(18-20-11-8-17-26-20)16-9-15-24-13-6-2-3-7-14-24/h4-5,8,10-12,17H,2-3,6-7,9,13-16,18H2,1H3,(H,23,27)/p+1. The van der Waals surface area contributed by atoms with Crippen molar-refractivity contribution in [2.24, 2.45) is 0 Å². The lowest BCUT2D eigenvalue weighted by atomic mass is 10.2. The summed E-state index contributed by atoms with van der Waals surface area (Å²) in [6, 6.07) is 12.2. The Labute approximate surface area is 168 Å². The van der Waals surface area contributed by atoms with Crippen molar-refractivity contribution in [2.45, 2.75) is 45.6 Å². The van der Waals surface area contributed by atoms with E-state index >= 15 is 0 Å². The first-order valence-electron chi connectivity index (χ1n) is 10.2. The molecule has 1 aliphatic rings. The van der Waals surface area contributed by atoms with Crippen LogP contribution in [-0.2, 0) is 6.54 Å². The number of nitrogens with zero attached hydrogens (tertiary/aromatic N) is 1. The number of furan rings is 1. The summed E-state index contributed by atoms with van der Waals surface area (Å²) in [5.74, 6) is 0.950. The quantitative estimate of drug-likeness (QED) is 0.712. The number of anilines is 1. The normalized spacial score (nSPS) is 15.3. The highest BCUT2D eigenvalue weighted by Gasteiger charge is 2.16. The van der Waals surface area contributed by atoms with Gasteiger partial charge in [0.1, 0.15) is 5.76 Å². The Morgan fingerprint density at radius 1 is 1.11 bits per heavy atom. The van der Waals surface area contributed by atoms with Gasteiger partial charge in [-0.2, -0.15) is 0 Å². The van der Waals surface area contributed by atoms with Crippen LogP contribution < -0.4 is 10.2 Å². The maximum absolute atomic E-state index is 5.75. The van der Waals surface area contributed by atoms with Gasteiger partial charge in [0.15, 0.2) is 5.11 Å². The zero-order valence-corrected chi connectivity index (χ0v) is 17.2. The fraction of sp³-hybridized carbons (Fsp3) is 0.500. The van der Waals surface area contributed by atoms with Gasteiger partial charge < -0.3 is 19.5 Å². The first-order valence-corrected chi connectivity index (χ1v) is 10.6. The number of quaternary nitrogens is 1. The van der Waals surface area contributed by atoms with Gasteiger partial charge in [-0.1, -0.05) is 18.2 Å². The Hall–Kier alpha value is -1.85. The third-order valence-corrected chi connectivity index (χ3v) is 5.73. The zero-order chi connectivity index (χ0) is 18.9. The molecule has 1 fully saturated rings. The molecule has 0 spiro atoms. The number of rotatable bonds is 7. The molecule has 5 heteroatoms. The van der Waals surface area contributed by atoms with Gasteiger partial charge in [-0.05, 0) is 68.6 Å². The van der Waals surface area contributed by atoms with Gasteiger partial charge in [-0.25, -0.2) is 0 Å². The lowest BCUT2D eigenvalue weighted by molar-refractivity contribution is -0.899. The predicted octanol–water partition coefficient (Wildman–Crippen LogP) is 3.64. The van der Waals surface area contributed by atoms with Crippen LogP contribution in [0.15, 0.2) is 47.1 Å². The van der Waals surface area contributed by atoms with Crippen molar-refractivity contribution in [1.82, 2.24) is 4.90 Å². The number of hydrogen-bond donors (Lipinski definition) is 2. The van der Waals surface area contributed by atoms with Crippen LogP contribution in [0.25, 0.3) is 0 Å². The minimum absolute atomic E-state index is 0.708. The van der Waals surface area contributed by atoms with Crippen molar-refractivity contribution >= 4 is 23.0 Å². The average Bonchev–Trinajstić information content (AvgIpc) is 3.04. The number of hydrogen-bond acceptors (Lipinski definition) is 2. The SMILES string of the molecule is Cc1ccccc1NC(=S)N(CCC[NH+]1CCCCCC1)Cc1ccco1. The number of para-hydroxylation sites is 1. The van der Waals surface area contributed by atoms with E-state index in [1.54, 1.807) is 11.2 Å². The predicted molar refractivity (Wildman–Crippen MR) is 115 cm³/mol. The number of benzene rings is 1. The molecule has 1 aromatic heterocycles. The minimum atomic E-state index is 0.708. The Bertz CT molecular complexity index is 693. The summed E-state index contributed by atoms with van der Waals surface area (Å²) in [6.07, 6.45) is 8.42. The van der Waals surface area contributed by atoms with Gasteiger partial charge in [-0.3, -0.25) is 0 Å². The highest BCUT2D eigenvalue weighted by atomic mass is 32.1. The fourth-order valence-corrected chi connectivity index (χ4v) is 4.01. The summed E-state index contributed by atoms with van der Waals surface area (Å²) >= 11 is 5.75. The van der Waals surface area contributed by atoms with Crippen molar-refractivity contribution in [3.63, 3.8) is 0 Å². The molecule has 2 N–H and O–H groups in total. The monoisotopic (exact) mass is 386 g/mol. The topological polar surface area (TPSA) is 32.9 Å². The van der Waals surface area contributed by atoms with Gasteiger partial charge in [0.2, 0.25) is 0 Å². The molecule has 0 amide bonds. The Morgan fingerprint density at radius 3 is 2.59 bits per heavy atom. The second kappa shape index (κ2) is 10.5. The molecule has 4 nitrogen and oxygen atoms in total. The molecule has 0 unspecified atom stereocenters. The molecule has 1 aliphatic heterocycles. The Morgan fingerprint density at radius 2 is 1.89 bits per heavy atom. The van der Waals surface area contributed by atoms with Crippen LogP contribution in [0.3, 0.4) is 0 Å². The zero-order valence-electron chi connectivity index (χ0n) is 16.4. The summed E-state index contributed by atoms with van der Waals surface area (Å²) < 4.78 is 5.57. The van der Waals surface area contributed by atoms with Crippen LogP contribution in [0, 0.1) is 6.92 Å². The molecule has 27 heavy (non-hydrogen) atoms. The molecule has 2 heterocycles. The number of nitrogens with one attached hydrogen (secondary N) is 2. The van der Waals surface area contributed by atoms with Crippen LogP contribution in [0.1, 0.15) is 43.4 Å². The molecule has 146 valence electrons. The summed E-state index contributed by atoms with van der Waals surface area (Å²) in [6.45, 7) is 7.63. The molecule has 2 aromatic rings. The highest BCUT2D eigenvalue weighted by Crippen LogP contribution is 2.15. The summed E-state index contributed by atoms with van der Waals surface area (Å²) in [5, 5.41) is 4.20.